The van der Waals surface area contributed by atoms with Crippen molar-refractivity contribution in [3.63, 3.8) is 0 Å². The number of aromatic nitrogens is 2. The molecule has 0 radical (unpaired) electrons. The maximum absolute atomic E-state index is 12.4. The average Bonchev–Trinajstić information content (AvgIpc) is 2.53. The lowest BCUT2D eigenvalue weighted by Gasteiger charge is -2.27. The van der Waals surface area contributed by atoms with Crippen LogP contribution in [0, 0.1) is 11.8 Å². The average molecular weight is 290 g/mol. The van der Waals surface area contributed by atoms with Gasteiger partial charge in [-0.05, 0) is 31.6 Å². The van der Waals surface area contributed by atoms with Crippen LogP contribution in [0.3, 0.4) is 0 Å². The van der Waals surface area contributed by atoms with Crippen molar-refractivity contribution in [2.24, 2.45) is 11.8 Å². The van der Waals surface area contributed by atoms with Gasteiger partial charge in [0, 0.05) is 18.4 Å². The summed E-state index contributed by atoms with van der Waals surface area (Å²) in [4.78, 5) is 20.5. The zero-order valence-corrected chi connectivity index (χ0v) is 13.2. The highest BCUT2D eigenvalue weighted by Crippen LogP contribution is 2.32. The van der Waals surface area contributed by atoms with E-state index in [2.05, 4.69) is 16.9 Å². The lowest BCUT2D eigenvalue weighted by molar-refractivity contribution is -0.123. The highest BCUT2D eigenvalue weighted by molar-refractivity contribution is 5.83. The highest BCUT2D eigenvalue weighted by Gasteiger charge is 2.26. The van der Waals surface area contributed by atoms with Crippen LogP contribution in [0.1, 0.15) is 57.6 Å². The summed E-state index contributed by atoms with van der Waals surface area (Å²) < 4.78 is 5.07. The third kappa shape index (κ3) is 4.80. The molecule has 1 aliphatic carbocycles. The minimum Gasteiger partial charge on any atom is -0.481 e. The van der Waals surface area contributed by atoms with Crippen molar-refractivity contribution < 1.29 is 9.53 Å². The van der Waals surface area contributed by atoms with Crippen molar-refractivity contribution in [2.75, 3.05) is 7.11 Å². The molecular formula is C17H26N2O2. The summed E-state index contributed by atoms with van der Waals surface area (Å²) >= 11 is 0. The Labute approximate surface area is 127 Å². The standard InChI is InChI=1S/C17H26N2O2/c1-3-4-5-13-6-8-14(9-7-13)16(20)10-15-11-17(21-2)19-12-18-15/h11-14H,3-10H2,1-2H3. The molecule has 4 nitrogen and oxygen atoms in total. The number of nitrogens with zero attached hydrogens (tertiary/aromatic N) is 2. The largest absolute Gasteiger partial charge is 0.481 e. The Morgan fingerprint density at radius 2 is 2.05 bits per heavy atom. The first-order valence-corrected chi connectivity index (χ1v) is 8.10. The fraction of sp³-hybridized carbons (Fsp3) is 0.706. The smallest absolute Gasteiger partial charge is 0.216 e. The molecule has 0 atom stereocenters. The summed E-state index contributed by atoms with van der Waals surface area (Å²) in [5.41, 5.74) is 0.764. The van der Waals surface area contributed by atoms with Crippen molar-refractivity contribution in [3.05, 3.63) is 18.1 Å². The topological polar surface area (TPSA) is 52.1 Å². The van der Waals surface area contributed by atoms with Gasteiger partial charge in [-0.3, -0.25) is 4.79 Å². The maximum atomic E-state index is 12.4. The Bertz CT molecular complexity index is 454. The van der Waals surface area contributed by atoms with E-state index in [-0.39, 0.29) is 5.92 Å². The van der Waals surface area contributed by atoms with Crippen LogP contribution in [0.25, 0.3) is 0 Å². The van der Waals surface area contributed by atoms with Crippen molar-refractivity contribution in [1.82, 2.24) is 9.97 Å². The SMILES string of the molecule is CCCCC1CCC(C(=O)Cc2cc(OC)ncn2)CC1. The van der Waals surface area contributed by atoms with E-state index in [1.807, 2.05) is 0 Å². The number of ether oxygens (including phenoxy) is 1. The second-order valence-corrected chi connectivity index (χ2v) is 6.05. The van der Waals surface area contributed by atoms with Crippen LogP contribution >= 0.6 is 0 Å². The van der Waals surface area contributed by atoms with Gasteiger partial charge in [0.15, 0.2) is 0 Å². The first-order chi connectivity index (χ1) is 10.2. The molecule has 0 aliphatic heterocycles. The molecule has 0 saturated heterocycles. The van der Waals surface area contributed by atoms with E-state index in [9.17, 15) is 4.79 Å². The van der Waals surface area contributed by atoms with E-state index < -0.39 is 0 Å². The number of ketones is 1. The molecule has 116 valence electrons. The molecule has 0 amide bonds. The quantitative estimate of drug-likeness (QED) is 0.770. The summed E-state index contributed by atoms with van der Waals surface area (Å²) in [5.74, 6) is 1.91. The molecule has 2 rings (SSSR count). The molecule has 0 spiro atoms. The maximum Gasteiger partial charge on any atom is 0.216 e. The molecule has 1 aromatic rings. The molecule has 1 aliphatic rings. The fourth-order valence-corrected chi connectivity index (χ4v) is 3.17. The minimum atomic E-state index is 0.226. The van der Waals surface area contributed by atoms with Gasteiger partial charge in [0.2, 0.25) is 5.88 Å². The monoisotopic (exact) mass is 290 g/mol. The van der Waals surface area contributed by atoms with Gasteiger partial charge in [0.25, 0.3) is 0 Å². The number of carbonyl (C=O) groups excluding carboxylic acids is 1. The number of methoxy groups -OCH3 is 1. The normalized spacial score (nSPS) is 22.0. The third-order valence-electron chi connectivity index (χ3n) is 4.53. The molecule has 1 fully saturated rings. The number of rotatable bonds is 7. The highest BCUT2D eigenvalue weighted by atomic mass is 16.5. The van der Waals surface area contributed by atoms with E-state index in [4.69, 9.17) is 4.74 Å². The molecule has 21 heavy (non-hydrogen) atoms. The Morgan fingerprint density at radius 1 is 1.29 bits per heavy atom. The number of carbonyl (C=O) groups is 1. The summed E-state index contributed by atoms with van der Waals surface area (Å²) in [7, 11) is 1.57. The number of hydrogen-bond donors (Lipinski definition) is 0. The van der Waals surface area contributed by atoms with E-state index in [1.165, 1.54) is 38.4 Å². The van der Waals surface area contributed by atoms with Crippen molar-refractivity contribution >= 4 is 5.78 Å². The molecule has 1 heterocycles. The molecule has 4 heteroatoms. The third-order valence-corrected chi connectivity index (χ3v) is 4.53. The number of Topliss-reactive ketones (excluding diaryl/α,β-unsaturated/α-hetero) is 1. The van der Waals surface area contributed by atoms with Gasteiger partial charge in [-0.2, -0.15) is 0 Å². The van der Waals surface area contributed by atoms with E-state index in [0.717, 1.165) is 24.5 Å². The van der Waals surface area contributed by atoms with Crippen LogP contribution in [0.15, 0.2) is 12.4 Å². The second-order valence-electron chi connectivity index (χ2n) is 6.05. The zero-order chi connectivity index (χ0) is 15.1. The van der Waals surface area contributed by atoms with Gasteiger partial charge in [-0.25, -0.2) is 9.97 Å². The Morgan fingerprint density at radius 3 is 2.71 bits per heavy atom. The number of unbranched alkanes of at least 4 members (excludes halogenated alkanes) is 1. The number of hydrogen-bond acceptors (Lipinski definition) is 4. The Kier molecular flexibility index (Phi) is 6.15. The van der Waals surface area contributed by atoms with Gasteiger partial charge in [0.1, 0.15) is 12.1 Å². The zero-order valence-electron chi connectivity index (χ0n) is 13.2. The predicted octanol–water partition coefficient (Wildman–Crippen LogP) is 3.59. The van der Waals surface area contributed by atoms with Crippen molar-refractivity contribution in [1.29, 1.82) is 0 Å². The van der Waals surface area contributed by atoms with Gasteiger partial charge < -0.3 is 4.74 Å². The van der Waals surface area contributed by atoms with Crippen LogP contribution in [0.2, 0.25) is 0 Å². The molecule has 0 aromatic carbocycles. The first-order valence-electron chi connectivity index (χ1n) is 8.10. The van der Waals surface area contributed by atoms with E-state index >= 15 is 0 Å². The lowest BCUT2D eigenvalue weighted by atomic mass is 9.77. The van der Waals surface area contributed by atoms with Crippen molar-refractivity contribution in [3.8, 4) is 5.88 Å². The Hall–Kier alpha value is -1.45. The van der Waals surface area contributed by atoms with Crippen LogP contribution in [-0.2, 0) is 11.2 Å². The summed E-state index contributed by atoms with van der Waals surface area (Å²) in [6.45, 7) is 2.24. The minimum absolute atomic E-state index is 0.226. The fourth-order valence-electron chi connectivity index (χ4n) is 3.17. The Balaban J connectivity index is 1.81. The van der Waals surface area contributed by atoms with Crippen LogP contribution in [0.5, 0.6) is 5.88 Å². The van der Waals surface area contributed by atoms with Crippen LogP contribution < -0.4 is 4.74 Å². The summed E-state index contributed by atoms with van der Waals surface area (Å²) in [6, 6.07) is 1.75. The van der Waals surface area contributed by atoms with E-state index in [1.54, 1.807) is 13.2 Å². The van der Waals surface area contributed by atoms with Crippen LogP contribution in [0.4, 0.5) is 0 Å². The lowest BCUT2D eigenvalue weighted by Crippen LogP contribution is -2.23. The second kappa shape index (κ2) is 8.11. The van der Waals surface area contributed by atoms with E-state index in [0.29, 0.717) is 18.1 Å². The molecule has 1 aromatic heterocycles. The molecule has 0 unspecified atom stereocenters. The molecular weight excluding hydrogens is 264 g/mol. The van der Waals surface area contributed by atoms with Crippen molar-refractivity contribution in [2.45, 2.75) is 58.3 Å². The van der Waals surface area contributed by atoms with Crippen LogP contribution in [-0.4, -0.2) is 22.9 Å². The van der Waals surface area contributed by atoms with Gasteiger partial charge in [0.05, 0.1) is 12.8 Å². The summed E-state index contributed by atoms with van der Waals surface area (Å²) in [6.07, 6.45) is 10.3. The predicted molar refractivity (Wildman–Crippen MR) is 82.3 cm³/mol. The van der Waals surface area contributed by atoms with Gasteiger partial charge in [-0.15, -0.1) is 0 Å². The molecule has 1 saturated carbocycles. The van der Waals surface area contributed by atoms with Gasteiger partial charge in [-0.1, -0.05) is 26.2 Å². The molecule has 0 bridgehead atoms. The van der Waals surface area contributed by atoms with Gasteiger partial charge >= 0.3 is 0 Å². The summed E-state index contributed by atoms with van der Waals surface area (Å²) in [5, 5.41) is 0. The first kappa shape index (κ1) is 15.9. The molecule has 0 N–H and O–H groups in total.